The van der Waals surface area contributed by atoms with Gasteiger partial charge in [0.1, 0.15) is 10.3 Å². The number of hydrogen-bond donors (Lipinski definition) is 0. The Hall–Kier alpha value is -0.940. The summed E-state index contributed by atoms with van der Waals surface area (Å²) in [6.07, 6.45) is 1.22. The third kappa shape index (κ3) is 4.28. The molecule has 1 aliphatic rings. The number of nitrogens with zero attached hydrogens (tertiary/aromatic N) is 3. The molecule has 0 unspecified atom stereocenters. The highest BCUT2D eigenvalue weighted by atomic mass is 79.9. The lowest BCUT2D eigenvalue weighted by Gasteiger charge is -2.34. The Labute approximate surface area is 129 Å². The van der Waals surface area contributed by atoms with Crippen LogP contribution in [0.25, 0.3) is 0 Å². The molecule has 1 aromatic heterocycles. The van der Waals surface area contributed by atoms with Crippen LogP contribution in [0.3, 0.4) is 0 Å². The van der Waals surface area contributed by atoms with Crippen molar-refractivity contribution in [3.63, 3.8) is 0 Å². The normalized spacial score (nSPS) is 16.7. The van der Waals surface area contributed by atoms with Gasteiger partial charge >= 0.3 is 0 Å². The van der Waals surface area contributed by atoms with E-state index in [1.54, 1.807) is 6.07 Å². The number of carbonyl (C=O) groups is 1. The Balaban J connectivity index is 1.86. The lowest BCUT2D eigenvalue weighted by Crippen LogP contribution is -2.49. The first-order chi connectivity index (χ1) is 9.56. The van der Waals surface area contributed by atoms with Gasteiger partial charge in [0.05, 0.1) is 0 Å². The van der Waals surface area contributed by atoms with Crippen molar-refractivity contribution in [2.75, 3.05) is 32.7 Å². The largest absolute Gasteiger partial charge is 0.335 e. The van der Waals surface area contributed by atoms with Crippen LogP contribution in [-0.2, 0) is 0 Å². The lowest BCUT2D eigenvalue weighted by molar-refractivity contribution is 0.0626. The van der Waals surface area contributed by atoms with Gasteiger partial charge < -0.3 is 4.90 Å². The molecule has 110 valence electrons. The molecule has 0 N–H and O–H groups in total. The zero-order valence-corrected chi connectivity index (χ0v) is 13.8. The minimum atomic E-state index is 0.0369. The molecule has 1 aliphatic heterocycles. The van der Waals surface area contributed by atoms with E-state index in [0.717, 1.165) is 38.6 Å². The fourth-order valence-electron chi connectivity index (χ4n) is 2.30. The van der Waals surface area contributed by atoms with Crippen molar-refractivity contribution in [1.29, 1.82) is 0 Å². The number of rotatable bonds is 4. The summed E-state index contributed by atoms with van der Waals surface area (Å²) in [5.74, 6) is 0.773. The zero-order valence-electron chi connectivity index (χ0n) is 12.2. The summed E-state index contributed by atoms with van der Waals surface area (Å²) in [7, 11) is 0. The fourth-order valence-corrected chi connectivity index (χ4v) is 2.65. The zero-order chi connectivity index (χ0) is 14.5. The second kappa shape index (κ2) is 7.18. The summed E-state index contributed by atoms with van der Waals surface area (Å²) in [5, 5.41) is 0. The van der Waals surface area contributed by atoms with E-state index in [1.165, 1.54) is 6.42 Å². The van der Waals surface area contributed by atoms with Crippen molar-refractivity contribution < 1.29 is 4.79 Å². The van der Waals surface area contributed by atoms with Gasteiger partial charge in [-0.15, -0.1) is 0 Å². The molecule has 2 rings (SSSR count). The van der Waals surface area contributed by atoms with Gasteiger partial charge in [0.2, 0.25) is 0 Å². The van der Waals surface area contributed by atoms with Gasteiger partial charge in [-0.3, -0.25) is 9.69 Å². The number of piperazine rings is 1. The molecule has 20 heavy (non-hydrogen) atoms. The predicted octanol–water partition coefficient (Wildman–Crippen LogP) is 2.65. The van der Waals surface area contributed by atoms with E-state index in [1.807, 2.05) is 17.0 Å². The van der Waals surface area contributed by atoms with Crippen LogP contribution in [0.5, 0.6) is 0 Å². The smallest absolute Gasteiger partial charge is 0.272 e. The number of amides is 1. The molecule has 0 aliphatic carbocycles. The summed E-state index contributed by atoms with van der Waals surface area (Å²) in [4.78, 5) is 20.9. The lowest BCUT2D eigenvalue weighted by atomic mass is 10.1. The molecule has 2 heterocycles. The topological polar surface area (TPSA) is 36.4 Å². The average molecular weight is 340 g/mol. The second-order valence-corrected chi connectivity index (χ2v) is 6.47. The van der Waals surface area contributed by atoms with Crippen LogP contribution in [-0.4, -0.2) is 53.4 Å². The van der Waals surface area contributed by atoms with E-state index in [-0.39, 0.29) is 5.91 Å². The van der Waals surface area contributed by atoms with Crippen LogP contribution < -0.4 is 0 Å². The SMILES string of the molecule is CC(C)CCN1CCN(C(=O)c2cccc(Br)n2)CC1. The van der Waals surface area contributed by atoms with E-state index in [0.29, 0.717) is 10.3 Å². The minimum absolute atomic E-state index is 0.0369. The molecule has 0 spiro atoms. The van der Waals surface area contributed by atoms with Crippen molar-refractivity contribution in [2.45, 2.75) is 20.3 Å². The highest BCUT2D eigenvalue weighted by Crippen LogP contribution is 2.11. The summed E-state index contributed by atoms with van der Waals surface area (Å²) in [6.45, 7) is 9.15. The molecule has 4 nitrogen and oxygen atoms in total. The van der Waals surface area contributed by atoms with Gasteiger partial charge in [-0.2, -0.15) is 0 Å². The maximum atomic E-state index is 12.3. The molecule has 1 amide bonds. The van der Waals surface area contributed by atoms with Gasteiger partial charge in [0, 0.05) is 26.2 Å². The number of pyridine rings is 1. The standard InChI is InChI=1S/C15H22BrN3O/c1-12(2)6-7-18-8-10-19(11-9-18)15(20)13-4-3-5-14(16)17-13/h3-5,12H,6-11H2,1-2H3. The average Bonchev–Trinajstić information content (AvgIpc) is 2.45. The Kier molecular flexibility index (Phi) is 5.54. The van der Waals surface area contributed by atoms with E-state index in [4.69, 9.17) is 0 Å². The maximum absolute atomic E-state index is 12.3. The molecular formula is C15H22BrN3O. The first kappa shape index (κ1) is 15.4. The maximum Gasteiger partial charge on any atom is 0.272 e. The Morgan fingerprint density at radius 2 is 2.00 bits per heavy atom. The van der Waals surface area contributed by atoms with Crippen molar-refractivity contribution in [3.05, 3.63) is 28.5 Å². The molecule has 5 heteroatoms. The summed E-state index contributed by atoms with van der Waals surface area (Å²) >= 11 is 3.31. The summed E-state index contributed by atoms with van der Waals surface area (Å²) in [6, 6.07) is 5.46. The summed E-state index contributed by atoms with van der Waals surface area (Å²) in [5.41, 5.74) is 0.523. The van der Waals surface area contributed by atoms with Gasteiger partial charge in [-0.05, 0) is 46.9 Å². The number of halogens is 1. The fraction of sp³-hybridized carbons (Fsp3) is 0.600. The molecule has 0 bridgehead atoms. The van der Waals surface area contributed by atoms with Crippen LogP contribution in [0.15, 0.2) is 22.8 Å². The highest BCUT2D eigenvalue weighted by molar-refractivity contribution is 9.10. The van der Waals surface area contributed by atoms with Crippen LogP contribution in [0, 0.1) is 5.92 Å². The van der Waals surface area contributed by atoms with Gasteiger partial charge in [0.15, 0.2) is 0 Å². The Morgan fingerprint density at radius 1 is 1.30 bits per heavy atom. The van der Waals surface area contributed by atoms with Crippen LogP contribution >= 0.6 is 15.9 Å². The Morgan fingerprint density at radius 3 is 2.60 bits per heavy atom. The molecule has 0 aromatic carbocycles. The summed E-state index contributed by atoms with van der Waals surface area (Å²) < 4.78 is 0.707. The van der Waals surface area contributed by atoms with Crippen molar-refractivity contribution in [3.8, 4) is 0 Å². The molecule has 1 fully saturated rings. The van der Waals surface area contributed by atoms with Crippen LogP contribution in [0.4, 0.5) is 0 Å². The van der Waals surface area contributed by atoms with Gasteiger partial charge in [0.25, 0.3) is 5.91 Å². The van der Waals surface area contributed by atoms with Crippen LogP contribution in [0.2, 0.25) is 0 Å². The molecule has 0 saturated carbocycles. The quantitative estimate of drug-likeness (QED) is 0.791. The highest BCUT2D eigenvalue weighted by Gasteiger charge is 2.22. The number of carbonyl (C=O) groups excluding carboxylic acids is 1. The molecule has 1 aromatic rings. The Bertz CT molecular complexity index is 456. The van der Waals surface area contributed by atoms with Crippen molar-refractivity contribution >= 4 is 21.8 Å². The minimum Gasteiger partial charge on any atom is -0.335 e. The van der Waals surface area contributed by atoms with E-state index < -0.39 is 0 Å². The molecular weight excluding hydrogens is 318 g/mol. The van der Waals surface area contributed by atoms with E-state index in [2.05, 4.69) is 39.7 Å². The molecule has 0 radical (unpaired) electrons. The van der Waals surface area contributed by atoms with Gasteiger partial charge in [-0.25, -0.2) is 4.98 Å². The number of aromatic nitrogens is 1. The van der Waals surface area contributed by atoms with E-state index >= 15 is 0 Å². The first-order valence-electron chi connectivity index (χ1n) is 7.20. The van der Waals surface area contributed by atoms with Crippen molar-refractivity contribution in [1.82, 2.24) is 14.8 Å². The monoisotopic (exact) mass is 339 g/mol. The number of hydrogen-bond acceptors (Lipinski definition) is 3. The third-order valence-electron chi connectivity index (χ3n) is 3.62. The first-order valence-corrected chi connectivity index (χ1v) is 8.00. The van der Waals surface area contributed by atoms with Gasteiger partial charge in [-0.1, -0.05) is 19.9 Å². The van der Waals surface area contributed by atoms with Crippen molar-refractivity contribution in [2.24, 2.45) is 5.92 Å². The third-order valence-corrected chi connectivity index (χ3v) is 4.06. The predicted molar refractivity (Wildman–Crippen MR) is 83.7 cm³/mol. The van der Waals surface area contributed by atoms with Crippen LogP contribution in [0.1, 0.15) is 30.8 Å². The van der Waals surface area contributed by atoms with E-state index in [9.17, 15) is 4.79 Å². The molecule has 0 atom stereocenters. The second-order valence-electron chi connectivity index (χ2n) is 5.66. The molecule has 1 saturated heterocycles.